The molecule has 1 aliphatic rings. The number of ether oxygens (including phenoxy) is 2. The van der Waals surface area contributed by atoms with Gasteiger partial charge in [-0.3, -0.25) is 0 Å². The van der Waals surface area contributed by atoms with Crippen molar-refractivity contribution in [1.82, 2.24) is 20.1 Å². The lowest BCUT2D eigenvalue weighted by molar-refractivity contribution is -0.274. The van der Waals surface area contributed by atoms with E-state index < -0.39 is 6.36 Å². The van der Waals surface area contributed by atoms with Crippen LogP contribution in [0, 0.1) is 0 Å². The Morgan fingerprint density at radius 2 is 1.79 bits per heavy atom. The molecule has 0 bridgehead atoms. The maximum absolute atomic E-state index is 12.8. The van der Waals surface area contributed by atoms with Crippen LogP contribution < -0.4 is 19.7 Å². The van der Waals surface area contributed by atoms with Crippen molar-refractivity contribution in [1.29, 1.82) is 0 Å². The van der Waals surface area contributed by atoms with Crippen molar-refractivity contribution in [2.24, 2.45) is 4.99 Å². The molecule has 0 aliphatic carbocycles. The third-order valence-electron chi connectivity index (χ3n) is 7.54. The molecule has 1 saturated heterocycles. The number of anilines is 1. The summed E-state index contributed by atoms with van der Waals surface area (Å²) in [6.07, 6.45) is 0.307. The largest absolute Gasteiger partial charge is 0.573 e. The third kappa shape index (κ3) is 9.28. The molecule has 1 N–H and O–H groups in total. The molecule has 13 heteroatoms. The van der Waals surface area contributed by atoms with E-state index in [0.29, 0.717) is 29.1 Å². The highest BCUT2D eigenvalue weighted by molar-refractivity contribution is 8.14. The molecule has 0 atom stereocenters. The number of amides is 2. The van der Waals surface area contributed by atoms with E-state index >= 15 is 0 Å². The van der Waals surface area contributed by atoms with Crippen molar-refractivity contribution < 1.29 is 27.4 Å². The number of aryl methyl sites for hydroxylation is 1. The van der Waals surface area contributed by atoms with Crippen LogP contribution in [0.4, 0.5) is 23.7 Å². The smallest absolute Gasteiger partial charge is 0.497 e. The lowest BCUT2D eigenvalue weighted by Crippen LogP contribution is -2.36. The number of unbranched alkanes of at least 4 members (excludes halogenated alkanes) is 1. The Bertz CT molecular complexity index is 1670. The molecule has 47 heavy (non-hydrogen) atoms. The summed E-state index contributed by atoms with van der Waals surface area (Å²) in [5, 5.41) is 8.10. The minimum absolute atomic E-state index is 0.302. The molecule has 0 spiro atoms. The summed E-state index contributed by atoms with van der Waals surface area (Å²) in [5.74, 6) is 2.20. The van der Waals surface area contributed by atoms with Crippen molar-refractivity contribution in [2.75, 3.05) is 30.9 Å². The summed E-state index contributed by atoms with van der Waals surface area (Å²) in [5.41, 5.74) is 4.74. The van der Waals surface area contributed by atoms with E-state index in [1.165, 1.54) is 40.8 Å². The van der Waals surface area contributed by atoms with Crippen LogP contribution in [0.1, 0.15) is 50.2 Å². The van der Waals surface area contributed by atoms with Gasteiger partial charge in [0.2, 0.25) is 0 Å². The fourth-order valence-electron chi connectivity index (χ4n) is 5.16. The summed E-state index contributed by atoms with van der Waals surface area (Å²) < 4.78 is 48.1. The van der Waals surface area contributed by atoms with Crippen LogP contribution in [0.3, 0.4) is 0 Å². The van der Waals surface area contributed by atoms with E-state index in [4.69, 9.17) is 4.74 Å². The Hall–Kier alpha value is -4.52. The number of aliphatic imine (C=N–C) groups is 1. The van der Waals surface area contributed by atoms with Crippen molar-refractivity contribution >= 4 is 28.6 Å². The maximum atomic E-state index is 12.8. The molecule has 0 saturated carbocycles. The Morgan fingerprint density at radius 3 is 2.49 bits per heavy atom. The zero-order valence-corrected chi connectivity index (χ0v) is 27.3. The molecule has 0 unspecified atom stereocenters. The van der Waals surface area contributed by atoms with E-state index in [2.05, 4.69) is 49.9 Å². The minimum Gasteiger partial charge on any atom is -0.497 e. The second-order valence-electron chi connectivity index (χ2n) is 11.3. The molecular weight excluding hydrogens is 629 g/mol. The summed E-state index contributed by atoms with van der Waals surface area (Å²) in [7, 11) is 1.65. The zero-order chi connectivity index (χ0) is 33.4. The van der Waals surface area contributed by atoms with Crippen LogP contribution in [-0.2, 0) is 6.42 Å². The maximum Gasteiger partial charge on any atom is 0.573 e. The lowest BCUT2D eigenvalue weighted by atomic mass is 10.00. The topological polar surface area (TPSA) is 93.9 Å². The first kappa shape index (κ1) is 33.8. The van der Waals surface area contributed by atoms with Gasteiger partial charge in [0.1, 0.15) is 17.8 Å². The molecule has 1 aliphatic heterocycles. The van der Waals surface area contributed by atoms with E-state index in [0.717, 1.165) is 60.5 Å². The molecule has 0 radical (unpaired) electrons. The predicted octanol–water partition coefficient (Wildman–Crippen LogP) is 8.00. The Morgan fingerprint density at radius 1 is 1.04 bits per heavy atom. The van der Waals surface area contributed by atoms with Gasteiger partial charge in [0, 0.05) is 36.2 Å². The minimum atomic E-state index is -4.74. The first-order valence-electron chi connectivity index (χ1n) is 15.4. The van der Waals surface area contributed by atoms with Crippen LogP contribution in [0.25, 0.3) is 17.1 Å². The van der Waals surface area contributed by atoms with Crippen LogP contribution in [0.2, 0.25) is 0 Å². The number of thioether (sulfide) groups is 1. The summed E-state index contributed by atoms with van der Waals surface area (Å²) in [6, 6.07) is 19.1. The van der Waals surface area contributed by atoms with Crippen molar-refractivity contribution in [3.63, 3.8) is 0 Å². The third-order valence-corrected chi connectivity index (χ3v) is 8.61. The highest BCUT2D eigenvalue weighted by Crippen LogP contribution is 2.35. The molecule has 3 aromatic carbocycles. The summed E-state index contributed by atoms with van der Waals surface area (Å²) >= 11 is 1.60. The SMILES string of the molecule is COc1ccc(C(C)C)c(N2CCCS/C2=N\C(=O)NCCCCc2ccc(-c3ncn(-c4ccc(OC(F)(F)F)cc4)n3)cc2)c1. The number of rotatable bonds is 11. The fraction of sp³-hybridized carbons (Fsp3) is 0.353. The molecule has 1 fully saturated rings. The number of nitrogens with one attached hydrogen (secondary N) is 1. The molecule has 9 nitrogen and oxygen atoms in total. The number of amidine groups is 1. The van der Waals surface area contributed by atoms with Crippen molar-refractivity contribution in [3.8, 4) is 28.6 Å². The zero-order valence-electron chi connectivity index (χ0n) is 26.5. The van der Waals surface area contributed by atoms with Gasteiger partial charge in [-0.2, -0.15) is 4.99 Å². The number of hydrogen-bond donors (Lipinski definition) is 1. The number of nitrogens with zero attached hydrogens (tertiary/aromatic N) is 5. The van der Waals surface area contributed by atoms with Crippen molar-refractivity contribution in [3.05, 3.63) is 84.2 Å². The number of hydrogen-bond acceptors (Lipinski definition) is 6. The van der Waals surface area contributed by atoms with Gasteiger partial charge in [-0.1, -0.05) is 55.9 Å². The Kier molecular flexibility index (Phi) is 11.1. The van der Waals surface area contributed by atoms with Gasteiger partial charge in [-0.05, 0) is 73.1 Å². The summed E-state index contributed by atoms with van der Waals surface area (Å²) in [4.78, 5) is 23.7. The average Bonchev–Trinajstić information content (AvgIpc) is 3.55. The van der Waals surface area contributed by atoms with E-state index in [-0.39, 0.29) is 11.8 Å². The van der Waals surface area contributed by atoms with E-state index in [9.17, 15) is 18.0 Å². The number of halogens is 3. The van der Waals surface area contributed by atoms with Crippen LogP contribution >= 0.6 is 11.8 Å². The molecule has 5 rings (SSSR count). The van der Waals surface area contributed by atoms with E-state index in [1.807, 2.05) is 36.4 Å². The number of methoxy groups -OCH3 is 1. The number of carbonyl (C=O) groups is 1. The van der Waals surface area contributed by atoms with Gasteiger partial charge in [0.15, 0.2) is 11.0 Å². The van der Waals surface area contributed by atoms with Gasteiger partial charge >= 0.3 is 12.4 Å². The average molecular weight is 667 g/mol. The van der Waals surface area contributed by atoms with Gasteiger partial charge in [-0.15, -0.1) is 18.3 Å². The second-order valence-corrected chi connectivity index (χ2v) is 12.3. The second kappa shape index (κ2) is 15.4. The standard InChI is InChI=1S/C34H37F3N6O3S/c1-23(2)29-17-16-28(45-3)21-30(29)42-19-6-20-47-33(42)40-32(44)38-18-5-4-7-24-8-10-25(11-9-24)31-39-22-43(41-31)26-12-14-27(15-13-26)46-34(35,36)37/h8-17,21-23H,4-7,18-20H2,1-3H3,(H,38,44)/b40-33-. The van der Waals surface area contributed by atoms with Gasteiger partial charge in [0.25, 0.3) is 0 Å². The number of urea groups is 1. The van der Waals surface area contributed by atoms with Crippen LogP contribution in [0.5, 0.6) is 11.5 Å². The fourth-order valence-corrected chi connectivity index (χ4v) is 6.11. The normalized spacial score (nSPS) is 14.4. The first-order valence-corrected chi connectivity index (χ1v) is 16.4. The van der Waals surface area contributed by atoms with E-state index in [1.54, 1.807) is 18.9 Å². The highest BCUT2D eigenvalue weighted by atomic mass is 32.2. The van der Waals surface area contributed by atoms with Crippen LogP contribution in [0.15, 0.2) is 78.0 Å². The first-order chi connectivity index (χ1) is 22.6. The Labute approximate surface area is 276 Å². The van der Waals surface area contributed by atoms with Gasteiger partial charge in [0.05, 0.1) is 12.8 Å². The lowest BCUT2D eigenvalue weighted by Gasteiger charge is -2.32. The number of alkyl halides is 3. The number of aromatic nitrogens is 3. The Balaban J connectivity index is 1.10. The predicted molar refractivity (Wildman–Crippen MR) is 179 cm³/mol. The highest BCUT2D eigenvalue weighted by Gasteiger charge is 2.31. The number of carbonyl (C=O) groups excluding carboxylic acids is 1. The monoisotopic (exact) mass is 666 g/mol. The number of benzene rings is 3. The van der Waals surface area contributed by atoms with Gasteiger partial charge < -0.3 is 19.7 Å². The summed E-state index contributed by atoms with van der Waals surface area (Å²) in [6.45, 7) is 5.63. The molecule has 4 aromatic rings. The molecule has 2 amide bonds. The molecule has 1 aromatic heterocycles. The van der Waals surface area contributed by atoms with Gasteiger partial charge in [-0.25, -0.2) is 14.5 Å². The molecule has 248 valence electrons. The molecular formula is C34H37F3N6O3S. The molecule has 2 heterocycles. The van der Waals surface area contributed by atoms with Crippen LogP contribution in [-0.4, -0.2) is 58.3 Å². The van der Waals surface area contributed by atoms with Crippen molar-refractivity contribution in [2.45, 2.75) is 51.8 Å². The quantitative estimate of drug-likeness (QED) is 0.162.